The van der Waals surface area contributed by atoms with Crippen LogP contribution in [0.1, 0.15) is 38.1 Å². The maximum Gasteiger partial charge on any atom is 0.410 e. The fourth-order valence-electron chi connectivity index (χ4n) is 1.98. The highest BCUT2D eigenvalue weighted by Gasteiger charge is 2.21. The number of ether oxygens (including phenoxy) is 1. The fourth-order valence-corrected chi connectivity index (χ4v) is 2.58. The van der Waals surface area contributed by atoms with Gasteiger partial charge in [0.2, 0.25) is 0 Å². The van der Waals surface area contributed by atoms with E-state index in [0.717, 1.165) is 0 Å². The van der Waals surface area contributed by atoms with Gasteiger partial charge in [-0.1, -0.05) is 18.5 Å². The molecular weight excluding hydrogens is 396 g/mol. The van der Waals surface area contributed by atoms with Crippen LogP contribution in [-0.4, -0.2) is 42.6 Å². The summed E-state index contributed by atoms with van der Waals surface area (Å²) in [6.07, 6.45) is -0.377. The van der Waals surface area contributed by atoms with E-state index in [2.05, 4.69) is 21.2 Å². The van der Waals surface area contributed by atoms with Gasteiger partial charge >= 0.3 is 6.09 Å². The van der Waals surface area contributed by atoms with Crippen LogP contribution in [0.5, 0.6) is 0 Å². The molecule has 0 bridgehead atoms. The van der Waals surface area contributed by atoms with Gasteiger partial charge in [-0.3, -0.25) is 4.79 Å². The molecule has 0 aliphatic heterocycles. The van der Waals surface area contributed by atoms with E-state index in [1.165, 1.54) is 4.90 Å². The van der Waals surface area contributed by atoms with E-state index in [9.17, 15) is 9.59 Å². The molecule has 0 fully saturated rings. The first-order valence-electron chi connectivity index (χ1n) is 7.67. The molecule has 0 spiro atoms. The number of halogens is 2. The van der Waals surface area contributed by atoms with Crippen molar-refractivity contribution in [1.29, 1.82) is 0 Å². The van der Waals surface area contributed by atoms with E-state index in [0.29, 0.717) is 28.1 Å². The second kappa shape index (κ2) is 8.72. The molecule has 2 amide bonds. The van der Waals surface area contributed by atoms with Crippen molar-refractivity contribution in [2.24, 2.45) is 5.92 Å². The molecule has 0 aliphatic carbocycles. The van der Waals surface area contributed by atoms with E-state index in [-0.39, 0.29) is 17.9 Å². The summed E-state index contributed by atoms with van der Waals surface area (Å²) in [4.78, 5) is 25.7. The molecule has 0 aliphatic rings. The first-order valence-corrected chi connectivity index (χ1v) is 8.84. The highest BCUT2D eigenvalue weighted by atomic mass is 79.9. The van der Waals surface area contributed by atoms with E-state index in [1.54, 1.807) is 25.2 Å². The quantitative estimate of drug-likeness (QED) is 0.772. The number of rotatable bonds is 5. The standard InChI is InChI=1S/C17H24BrClN2O3/c1-11(10-21(5)16(23)24-17(2,3)4)9-20-15(22)13-8-12(19)6-7-14(13)18/h6-8,11H,9-10H2,1-5H3,(H,20,22). The average Bonchev–Trinajstić information content (AvgIpc) is 2.45. The second-order valence-corrected chi connectivity index (χ2v) is 8.09. The number of hydrogen-bond donors (Lipinski definition) is 1. The Morgan fingerprint density at radius 2 is 2.00 bits per heavy atom. The van der Waals surface area contributed by atoms with Crippen LogP contribution in [-0.2, 0) is 4.74 Å². The molecular formula is C17H24BrClN2O3. The summed E-state index contributed by atoms with van der Waals surface area (Å²) in [5.41, 5.74) is -0.0445. The van der Waals surface area contributed by atoms with Crippen molar-refractivity contribution in [3.63, 3.8) is 0 Å². The molecule has 0 saturated heterocycles. The van der Waals surface area contributed by atoms with Gasteiger partial charge in [0.15, 0.2) is 0 Å². The molecule has 0 radical (unpaired) electrons. The summed E-state index contributed by atoms with van der Waals surface area (Å²) in [5, 5.41) is 3.35. The third kappa shape index (κ3) is 7.09. The Bertz CT molecular complexity index is 602. The topological polar surface area (TPSA) is 58.6 Å². The first-order chi connectivity index (χ1) is 11.0. The number of carbonyl (C=O) groups excluding carboxylic acids is 2. The number of carbonyl (C=O) groups is 2. The van der Waals surface area contributed by atoms with E-state index in [4.69, 9.17) is 16.3 Å². The molecule has 0 saturated carbocycles. The number of benzene rings is 1. The molecule has 1 aromatic rings. The van der Waals surface area contributed by atoms with Crippen LogP contribution >= 0.6 is 27.5 Å². The number of nitrogens with one attached hydrogen (secondary N) is 1. The normalized spacial score (nSPS) is 12.5. The van der Waals surface area contributed by atoms with Gasteiger partial charge in [0, 0.05) is 29.6 Å². The van der Waals surface area contributed by atoms with Crippen molar-refractivity contribution in [3.05, 3.63) is 33.3 Å². The Hall–Kier alpha value is -1.27. The molecule has 1 unspecified atom stereocenters. The van der Waals surface area contributed by atoms with E-state index < -0.39 is 5.60 Å². The van der Waals surface area contributed by atoms with Gasteiger partial charge in [-0.05, 0) is 60.8 Å². The zero-order valence-corrected chi connectivity index (χ0v) is 17.0. The summed E-state index contributed by atoms with van der Waals surface area (Å²) in [6.45, 7) is 8.34. The van der Waals surface area contributed by atoms with Crippen molar-refractivity contribution < 1.29 is 14.3 Å². The molecule has 7 heteroatoms. The van der Waals surface area contributed by atoms with Crippen LogP contribution in [0.15, 0.2) is 22.7 Å². The lowest BCUT2D eigenvalue weighted by Gasteiger charge is -2.26. The summed E-state index contributed by atoms with van der Waals surface area (Å²) in [5.74, 6) is -0.138. The summed E-state index contributed by atoms with van der Waals surface area (Å²) < 4.78 is 5.99. The summed E-state index contributed by atoms with van der Waals surface area (Å²) in [6, 6.07) is 5.05. The Kier molecular flexibility index (Phi) is 7.55. The zero-order chi connectivity index (χ0) is 18.5. The number of amides is 2. The van der Waals surface area contributed by atoms with Crippen LogP contribution in [0.3, 0.4) is 0 Å². The van der Waals surface area contributed by atoms with Crippen molar-refractivity contribution >= 4 is 39.5 Å². The highest BCUT2D eigenvalue weighted by Crippen LogP contribution is 2.21. The first kappa shape index (κ1) is 20.8. The molecule has 1 N–H and O–H groups in total. The van der Waals surface area contributed by atoms with Crippen LogP contribution in [0.4, 0.5) is 4.79 Å². The lowest BCUT2D eigenvalue weighted by Crippen LogP contribution is -2.39. The second-order valence-electron chi connectivity index (χ2n) is 6.80. The molecule has 1 rings (SSSR count). The Morgan fingerprint density at radius 3 is 2.58 bits per heavy atom. The van der Waals surface area contributed by atoms with Crippen LogP contribution in [0, 0.1) is 5.92 Å². The van der Waals surface area contributed by atoms with Crippen molar-refractivity contribution in [2.45, 2.75) is 33.3 Å². The van der Waals surface area contributed by atoms with Gasteiger partial charge in [-0.25, -0.2) is 4.79 Å². The number of hydrogen-bond acceptors (Lipinski definition) is 3. The Morgan fingerprint density at radius 1 is 1.38 bits per heavy atom. The maximum absolute atomic E-state index is 12.2. The minimum absolute atomic E-state index is 0.0735. The Balaban J connectivity index is 2.51. The lowest BCUT2D eigenvalue weighted by atomic mass is 10.1. The summed E-state index contributed by atoms with van der Waals surface area (Å²) >= 11 is 9.26. The summed E-state index contributed by atoms with van der Waals surface area (Å²) in [7, 11) is 1.68. The van der Waals surface area contributed by atoms with Gasteiger partial charge in [0.05, 0.1) is 5.56 Å². The van der Waals surface area contributed by atoms with Crippen molar-refractivity contribution in [2.75, 3.05) is 20.1 Å². The fraction of sp³-hybridized carbons (Fsp3) is 0.529. The Labute approximate surface area is 156 Å². The molecule has 134 valence electrons. The molecule has 0 heterocycles. The average molecular weight is 420 g/mol. The monoisotopic (exact) mass is 418 g/mol. The van der Waals surface area contributed by atoms with E-state index >= 15 is 0 Å². The zero-order valence-electron chi connectivity index (χ0n) is 14.7. The van der Waals surface area contributed by atoms with Gasteiger partial charge in [-0.2, -0.15) is 0 Å². The molecule has 1 aromatic carbocycles. The van der Waals surface area contributed by atoms with E-state index in [1.807, 2.05) is 27.7 Å². The van der Waals surface area contributed by atoms with Gasteiger partial charge in [0.1, 0.15) is 5.60 Å². The van der Waals surface area contributed by atoms with Crippen molar-refractivity contribution in [3.8, 4) is 0 Å². The van der Waals surface area contributed by atoms with Crippen molar-refractivity contribution in [1.82, 2.24) is 10.2 Å². The minimum atomic E-state index is -0.526. The maximum atomic E-state index is 12.2. The number of nitrogens with zero attached hydrogens (tertiary/aromatic N) is 1. The smallest absolute Gasteiger partial charge is 0.410 e. The molecule has 24 heavy (non-hydrogen) atoms. The third-order valence-corrected chi connectivity index (χ3v) is 4.00. The van der Waals surface area contributed by atoms with Gasteiger partial charge < -0.3 is 15.0 Å². The molecule has 5 nitrogen and oxygen atoms in total. The van der Waals surface area contributed by atoms with Crippen LogP contribution in [0.25, 0.3) is 0 Å². The minimum Gasteiger partial charge on any atom is -0.444 e. The predicted octanol–water partition coefficient (Wildman–Crippen LogP) is 4.34. The molecule has 0 aromatic heterocycles. The SMILES string of the molecule is CC(CNC(=O)c1cc(Cl)ccc1Br)CN(C)C(=O)OC(C)(C)C. The van der Waals surface area contributed by atoms with Gasteiger partial charge in [-0.15, -0.1) is 0 Å². The van der Waals surface area contributed by atoms with Gasteiger partial charge in [0.25, 0.3) is 5.91 Å². The molecule has 1 atom stereocenters. The largest absolute Gasteiger partial charge is 0.444 e. The highest BCUT2D eigenvalue weighted by molar-refractivity contribution is 9.10. The third-order valence-electron chi connectivity index (χ3n) is 3.07. The van der Waals surface area contributed by atoms with Crippen LogP contribution in [0.2, 0.25) is 5.02 Å². The lowest BCUT2D eigenvalue weighted by molar-refractivity contribution is 0.0277. The predicted molar refractivity (Wildman–Crippen MR) is 99.5 cm³/mol. The van der Waals surface area contributed by atoms with Crippen LogP contribution < -0.4 is 5.32 Å².